The van der Waals surface area contributed by atoms with E-state index in [9.17, 15) is 9.59 Å². The molecule has 3 aromatic rings. The van der Waals surface area contributed by atoms with Crippen molar-refractivity contribution < 1.29 is 14.7 Å². The van der Waals surface area contributed by atoms with Crippen LogP contribution in [0.2, 0.25) is 5.02 Å². The van der Waals surface area contributed by atoms with E-state index in [2.05, 4.69) is 10.3 Å². The minimum atomic E-state index is -1.10. The van der Waals surface area contributed by atoms with Crippen molar-refractivity contribution in [2.45, 2.75) is 0 Å². The lowest BCUT2D eigenvalue weighted by atomic mass is 10.0. The monoisotopic (exact) mass is 340 g/mol. The molecule has 0 aliphatic rings. The number of nitrogens with zero attached hydrogens (tertiary/aromatic N) is 1. The van der Waals surface area contributed by atoms with Crippen LogP contribution in [0, 0.1) is 0 Å². The second-order valence-corrected chi connectivity index (χ2v) is 5.59. The van der Waals surface area contributed by atoms with Crippen molar-refractivity contribution in [3.63, 3.8) is 0 Å². The standard InChI is InChI=1S/C18H13ClN2O3/c19-12-7-5-11(6-8-12)16-9-14(18(24)20-10-17(22)23)13-3-1-2-4-15(13)21-16/h1-9H,10H2,(H,20,24)(H,22,23). The first kappa shape index (κ1) is 16.0. The van der Waals surface area contributed by atoms with Crippen LogP contribution in [0.1, 0.15) is 10.4 Å². The highest BCUT2D eigenvalue weighted by atomic mass is 35.5. The summed E-state index contributed by atoms with van der Waals surface area (Å²) < 4.78 is 0. The second-order valence-electron chi connectivity index (χ2n) is 5.16. The average Bonchev–Trinajstić information content (AvgIpc) is 2.59. The zero-order valence-corrected chi connectivity index (χ0v) is 13.2. The van der Waals surface area contributed by atoms with Gasteiger partial charge in [-0.25, -0.2) is 4.98 Å². The van der Waals surface area contributed by atoms with E-state index in [1.165, 1.54) is 0 Å². The number of carboxylic acids is 1. The number of carbonyl (C=O) groups excluding carboxylic acids is 1. The number of pyridine rings is 1. The summed E-state index contributed by atoms with van der Waals surface area (Å²) >= 11 is 5.91. The van der Waals surface area contributed by atoms with Crippen LogP contribution in [0.25, 0.3) is 22.2 Å². The summed E-state index contributed by atoms with van der Waals surface area (Å²) in [5.74, 6) is -1.55. The first-order valence-corrected chi connectivity index (χ1v) is 7.58. The van der Waals surface area contributed by atoms with Gasteiger partial charge in [-0.2, -0.15) is 0 Å². The van der Waals surface area contributed by atoms with Gasteiger partial charge in [-0.3, -0.25) is 9.59 Å². The third-order valence-electron chi connectivity index (χ3n) is 3.50. The van der Waals surface area contributed by atoms with Crippen molar-refractivity contribution in [3.8, 4) is 11.3 Å². The van der Waals surface area contributed by atoms with Crippen LogP contribution >= 0.6 is 11.6 Å². The zero-order chi connectivity index (χ0) is 17.1. The quantitative estimate of drug-likeness (QED) is 0.763. The van der Waals surface area contributed by atoms with Crippen molar-refractivity contribution in [2.24, 2.45) is 0 Å². The predicted octanol–water partition coefficient (Wildman–Crippen LogP) is 3.37. The molecule has 0 fully saturated rings. The smallest absolute Gasteiger partial charge is 0.322 e. The molecule has 5 nitrogen and oxygen atoms in total. The number of carbonyl (C=O) groups is 2. The van der Waals surface area contributed by atoms with E-state index in [0.29, 0.717) is 27.2 Å². The van der Waals surface area contributed by atoms with E-state index >= 15 is 0 Å². The fourth-order valence-corrected chi connectivity index (χ4v) is 2.51. The number of fused-ring (bicyclic) bond motifs is 1. The van der Waals surface area contributed by atoms with Gasteiger partial charge in [0.25, 0.3) is 5.91 Å². The number of aliphatic carboxylic acids is 1. The largest absolute Gasteiger partial charge is 0.480 e. The van der Waals surface area contributed by atoms with E-state index in [0.717, 1.165) is 5.56 Å². The first-order chi connectivity index (χ1) is 11.5. The Balaban J connectivity index is 2.10. The molecule has 1 aromatic heterocycles. The molecule has 0 unspecified atom stereocenters. The van der Waals surface area contributed by atoms with Gasteiger partial charge in [-0.1, -0.05) is 41.9 Å². The fraction of sp³-hybridized carbons (Fsp3) is 0.0556. The molecule has 0 aliphatic carbocycles. The number of aromatic nitrogens is 1. The van der Waals surface area contributed by atoms with E-state index in [1.807, 2.05) is 24.3 Å². The summed E-state index contributed by atoms with van der Waals surface area (Å²) in [5, 5.41) is 12.4. The van der Waals surface area contributed by atoms with Crippen molar-refractivity contribution in [2.75, 3.05) is 6.54 Å². The molecule has 2 N–H and O–H groups in total. The molecular formula is C18H13ClN2O3. The highest BCUT2D eigenvalue weighted by molar-refractivity contribution is 6.30. The third kappa shape index (κ3) is 3.36. The van der Waals surface area contributed by atoms with Crippen molar-refractivity contribution in [1.29, 1.82) is 0 Å². The molecule has 120 valence electrons. The number of carboxylic acid groups (broad SMARTS) is 1. The number of hydrogen-bond donors (Lipinski definition) is 2. The van der Waals surface area contributed by atoms with Gasteiger partial charge in [0.2, 0.25) is 0 Å². The lowest BCUT2D eigenvalue weighted by Crippen LogP contribution is -2.29. The number of rotatable bonds is 4. The highest BCUT2D eigenvalue weighted by Crippen LogP contribution is 2.25. The van der Waals surface area contributed by atoms with Crippen LogP contribution in [0.3, 0.4) is 0 Å². The van der Waals surface area contributed by atoms with Crippen molar-refractivity contribution >= 4 is 34.4 Å². The second kappa shape index (κ2) is 6.68. The Bertz CT molecular complexity index is 923. The summed E-state index contributed by atoms with van der Waals surface area (Å²) in [6.07, 6.45) is 0. The zero-order valence-electron chi connectivity index (χ0n) is 12.5. The molecule has 2 aromatic carbocycles. The van der Waals surface area contributed by atoms with Gasteiger partial charge in [-0.15, -0.1) is 0 Å². The minimum absolute atomic E-state index is 0.381. The molecule has 0 bridgehead atoms. The van der Waals surface area contributed by atoms with E-state index in [1.54, 1.807) is 30.3 Å². The number of benzene rings is 2. The SMILES string of the molecule is O=C(O)CNC(=O)c1cc(-c2ccc(Cl)cc2)nc2ccccc12. The Morgan fingerprint density at radius 1 is 1.08 bits per heavy atom. The molecule has 1 heterocycles. The van der Waals surface area contributed by atoms with Crippen LogP contribution in [-0.2, 0) is 4.79 Å². The Kier molecular flexibility index (Phi) is 4.44. The van der Waals surface area contributed by atoms with Crippen LogP contribution < -0.4 is 5.32 Å². The van der Waals surface area contributed by atoms with Gasteiger partial charge >= 0.3 is 5.97 Å². The van der Waals surface area contributed by atoms with Gasteiger partial charge in [0.05, 0.1) is 16.8 Å². The molecule has 0 spiro atoms. The Morgan fingerprint density at radius 2 is 1.79 bits per heavy atom. The summed E-state index contributed by atoms with van der Waals surface area (Å²) in [7, 11) is 0. The van der Waals surface area contributed by atoms with E-state index < -0.39 is 18.4 Å². The molecule has 0 radical (unpaired) electrons. The van der Waals surface area contributed by atoms with E-state index in [-0.39, 0.29) is 0 Å². The summed E-state index contributed by atoms with van der Waals surface area (Å²) in [6.45, 7) is -0.439. The maximum atomic E-state index is 12.4. The van der Waals surface area contributed by atoms with E-state index in [4.69, 9.17) is 16.7 Å². The first-order valence-electron chi connectivity index (χ1n) is 7.20. The van der Waals surface area contributed by atoms with Crippen LogP contribution in [0.4, 0.5) is 0 Å². The van der Waals surface area contributed by atoms with Gasteiger partial charge in [0, 0.05) is 16.0 Å². The number of hydrogen-bond acceptors (Lipinski definition) is 3. The van der Waals surface area contributed by atoms with Gasteiger partial charge < -0.3 is 10.4 Å². The summed E-state index contributed by atoms with van der Waals surface area (Å²) in [4.78, 5) is 27.6. The number of amides is 1. The highest BCUT2D eigenvalue weighted by Gasteiger charge is 2.14. The van der Waals surface area contributed by atoms with Crippen molar-refractivity contribution in [3.05, 3.63) is 65.2 Å². The lowest BCUT2D eigenvalue weighted by molar-refractivity contribution is -0.135. The summed E-state index contributed by atoms with van der Waals surface area (Å²) in [6, 6.07) is 16.0. The summed E-state index contributed by atoms with van der Waals surface area (Å²) in [5.41, 5.74) is 2.47. The molecular weight excluding hydrogens is 328 g/mol. The van der Waals surface area contributed by atoms with Crippen molar-refractivity contribution in [1.82, 2.24) is 10.3 Å². The Hall–Kier alpha value is -2.92. The molecule has 0 aliphatic heterocycles. The molecule has 0 saturated heterocycles. The number of nitrogens with one attached hydrogen (secondary N) is 1. The van der Waals surface area contributed by atoms with Crippen LogP contribution in [-0.4, -0.2) is 28.5 Å². The normalized spacial score (nSPS) is 10.5. The molecule has 3 rings (SSSR count). The Labute approximate surface area is 142 Å². The third-order valence-corrected chi connectivity index (χ3v) is 3.75. The van der Waals surface area contributed by atoms with Crippen LogP contribution in [0.5, 0.6) is 0 Å². The fourth-order valence-electron chi connectivity index (χ4n) is 2.38. The average molecular weight is 341 g/mol. The van der Waals surface area contributed by atoms with Crippen LogP contribution in [0.15, 0.2) is 54.6 Å². The topological polar surface area (TPSA) is 79.3 Å². The molecule has 1 amide bonds. The Morgan fingerprint density at radius 3 is 2.50 bits per heavy atom. The predicted molar refractivity (Wildman–Crippen MR) is 92.2 cm³/mol. The number of para-hydroxylation sites is 1. The maximum absolute atomic E-state index is 12.4. The van der Waals surface area contributed by atoms with Gasteiger partial charge in [0.1, 0.15) is 6.54 Å². The molecule has 6 heteroatoms. The molecule has 0 saturated carbocycles. The molecule has 0 atom stereocenters. The maximum Gasteiger partial charge on any atom is 0.322 e. The minimum Gasteiger partial charge on any atom is -0.480 e. The van der Waals surface area contributed by atoms with Gasteiger partial charge in [-0.05, 0) is 24.3 Å². The molecule has 24 heavy (non-hydrogen) atoms. The van der Waals surface area contributed by atoms with Gasteiger partial charge in [0.15, 0.2) is 0 Å². The lowest BCUT2D eigenvalue weighted by Gasteiger charge is -2.10. The number of halogens is 1.